The van der Waals surface area contributed by atoms with E-state index in [9.17, 15) is 35.4 Å². The molecular formula is C30H50O7. The molecule has 0 aromatic carbocycles. The van der Waals surface area contributed by atoms with Crippen molar-refractivity contribution in [1.29, 1.82) is 0 Å². The second kappa shape index (κ2) is 8.76. The highest BCUT2D eigenvalue weighted by Gasteiger charge is 2.72. The number of fused-ring (bicyclic) bond motifs is 5. The van der Waals surface area contributed by atoms with E-state index in [1.165, 1.54) is 0 Å². The molecule has 212 valence electrons. The average Bonchev–Trinajstić information content (AvgIpc) is 2.78. The summed E-state index contributed by atoms with van der Waals surface area (Å²) in [6, 6.07) is 0. The van der Waals surface area contributed by atoms with Crippen LogP contribution < -0.4 is 0 Å². The number of aliphatic carboxylic acids is 1. The van der Waals surface area contributed by atoms with Gasteiger partial charge in [-0.25, -0.2) is 0 Å². The number of allylic oxidation sites excluding steroid dienone is 1. The van der Waals surface area contributed by atoms with Crippen molar-refractivity contribution >= 4 is 5.97 Å². The van der Waals surface area contributed by atoms with E-state index in [0.717, 1.165) is 12.0 Å². The summed E-state index contributed by atoms with van der Waals surface area (Å²) in [5, 5.41) is 66.1. The largest absolute Gasteiger partial charge is 0.481 e. The zero-order valence-corrected chi connectivity index (χ0v) is 23.8. The van der Waals surface area contributed by atoms with Crippen LogP contribution in [0.3, 0.4) is 0 Å². The minimum Gasteiger partial charge on any atom is -0.481 e. The van der Waals surface area contributed by atoms with Gasteiger partial charge in [0.15, 0.2) is 0 Å². The lowest BCUT2D eigenvalue weighted by atomic mass is 9.33. The van der Waals surface area contributed by atoms with Gasteiger partial charge in [-0.3, -0.25) is 4.79 Å². The Bertz CT molecular complexity index is 958. The van der Waals surface area contributed by atoms with Gasteiger partial charge in [0.2, 0.25) is 0 Å². The number of hydrogen-bond donors (Lipinski definition) is 6. The SMILES string of the molecule is CC1(C)C[C@@H]2C3=CC[C@@H]4[C@@](C)(CCC(=O)O)[C@H]([C@@](C)(O)CO)C[C@@H](O)[C@@]4(C)[C@]3(C)[C@@H](O)C[C@@]2(C)[C@@H](O)C1. The predicted molar refractivity (Wildman–Crippen MR) is 140 cm³/mol. The summed E-state index contributed by atoms with van der Waals surface area (Å²) >= 11 is 0. The van der Waals surface area contributed by atoms with E-state index >= 15 is 0 Å². The molecule has 7 nitrogen and oxygen atoms in total. The minimum atomic E-state index is -1.48. The Kier molecular flexibility index (Phi) is 6.86. The highest BCUT2D eigenvalue weighted by molar-refractivity contribution is 5.66. The molecular weight excluding hydrogens is 472 g/mol. The van der Waals surface area contributed by atoms with Gasteiger partial charge < -0.3 is 30.6 Å². The van der Waals surface area contributed by atoms with E-state index in [1.807, 2.05) is 6.92 Å². The van der Waals surface area contributed by atoms with E-state index in [4.69, 9.17) is 0 Å². The summed E-state index contributed by atoms with van der Waals surface area (Å²) in [5.74, 6) is -1.59. The van der Waals surface area contributed by atoms with Crippen LogP contribution >= 0.6 is 0 Å². The third kappa shape index (κ3) is 3.89. The summed E-state index contributed by atoms with van der Waals surface area (Å²) < 4.78 is 0. The van der Waals surface area contributed by atoms with Crippen LogP contribution in [0.25, 0.3) is 0 Å². The van der Waals surface area contributed by atoms with Gasteiger partial charge in [0.1, 0.15) is 0 Å². The third-order valence-electron chi connectivity index (χ3n) is 12.4. The van der Waals surface area contributed by atoms with E-state index < -0.39 is 64.1 Å². The summed E-state index contributed by atoms with van der Waals surface area (Å²) in [5.41, 5.74) is -3.16. The maximum absolute atomic E-state index is 12.0. The Morgan fingerprint density at radius 3 is 2.19 bits per heavy atom. The van der Waals surface area contributed by atoms with Gasteiger partial charge in [-0.15, -0.1) is 0 Å². The molecule has 4 aliphatic carbocycles. The monoisotopic (exact) mass is 522 g/mol. The van der Waals surface area contributed by atoms with Gasteiger partial charge in [-0.2, -0.15) is 0 Å². The lowest BCUT2D eigenvalue weighted by molar-refractivity contribution is -0.260. The highest BCUT2D eigenvalue weighted by Crippen LogP contribution is 2.74. The molecule has 3 saturated carbocycles. The van der Waals surface area contributed by atoms with Gasteiger partial charge in [0, 0.05) is 22.7 Å². The van der Waals surface area contributed by atoms with Crippen molar-refractivity contribution in [3.8, 4) is 0 Å². The second-order valence-electron chi connectivity index (χ2n) is 15.0. The maximum atomic E-state index is 12.0. The van der Waals surface area contributed by atoms with Crippen LogP contribution in [0, 0.1) is 44.8 Å². The Balaban J connectivity index is 1.90. The lowest BCUT2D eigenvalue weighted by Crippen LogP contribution is -2.71. The standard InChI is InChI=1S/C30H50O7/c1-25(2)13-18-17-8-9-19-26(3,11-10-24(35)36)20(28(5,37)16-31)12-21(32)30(19,7)29(17,6)23(34)15-27(18,4)22(33)14-25/h8,18-23,31-34,37H,9-16H2,1-7H3,(H,35,36)/t18-,19-,20-,21-,22+,23+,26-,27-,28+,29+,30+/m1/s1. The molecule has 3 fully saturated rings. The summed E-state index contributed by atoms with van der Waals surface area (Å²) in [6.45, 7) is 13.7. The van der Waals surface area contributed by atoms with Crippen molar-refractivity contribution in [3.63, 3.8) is 0 Å². The highest BCUT2D eigenvalue weighted by atomic mass is 16.4. The van der Waals surface area contributed by atoms with Crippen molar-refractivity contribution < 1.29 is 35.4 Å². The predicted octanol–water partition coefficient (Wildman–Crippen LogP) is 3.51. The molecule has 0 saturated heterocycles. The van der Waals surface area contributed by atoms with Crippen molar-refractivity contribution in [2.75, 3.05) is 6.61 Å². The van der Waals surface area contributed by atoms with Gasteiger partial charge in [0.05, 0.1) is 30.5 Å². The quantitative estimate of drug-likeness (QED) is 0.304. The molecule has 0 aromatic rings. The average molecular weight is 523 g/mol. The van der Waals surface area contributed by atoms with Crippen molar-refractivity contribution in [2.45, 2.75) is 117 Å². The van der Waals surface area contributed by atoms with Crippen LogP contribution in [-0.2, 0) is 4.79 Å². The third-order valence-corrected chi connectivity index (χ3v) is 12.4. The number of carbonyl (C=O) groups is 1. The van der Waals surface area contributed by atoms with E-state index in [0.29, 0.717) is 25.7 Å². The maximum Gasteiger partial charge on any atom is 0.303 e. The molecule has 0 spiro atoms. The van der Waals surface area contributed by atoms with Crippen LogP contribution in [0.15, 0.2) is 11.6 Å². The normalized spacial score (nSPS) is 50.6. The first-order chi connectivity index (χ1) is 16.8. The van der Waals surface area contributed by atoms with Gasteiger partial charge >= 0.3 is 5.97 Å². The topological polar surface area (TPSA) is 138 Å². The number of rotatable bonds is 5. The minimum absolute atomic E-state index is 0.0580. The molecule has 0 aromatic heterocycles. The summed E-state index contributed by atoms with van der Waals surface area (Å²) in [4.78, 5) is 11.7. The number of aliphatic hydroxyl groups is 5. The van der Waals surface area contributed by atoms with Crippen LogP contribution in [0.1, 0.15) is 93.4 Å². The zero-order valence-electron chi connectivity index (χ0n) is 23.8. The fourth-order valence-electron chi connectivity index (χ4n) is 9.96. The first-order valence-electron chi connectivity index (χ1n) is 14.1. The number of carboxylic acid groups (broad SMARTS) is 1. The molecule has 4 aliphatic rings. The molecule has 7 heteroatoms. The fraction of sp³-hybridized carbons (Fsp3) is 0.900. The van der Waals surface area contributed by atoms with E-state index in [1.54, 1.807) is 6.92 Å². The number of hydrogen-bond acceptors (Lipinski definition) is 6. The molecule has 0 bridgehead atoms. The van der Waals surface area contributed by atoms with Gasteiger partial charge in [-0.1, -0.05) is 53.2 Å². The van der Waals surface area contributed by atoms with Crippen LogP contribution in [0.2, 0.25) is 0 Å². The van der Waals surface area contributed by atoms with Gasteiger partial charge in [0.25, 0.3) is 0 Å². The lowest BCUT2D eigenvalue weighted by Gasteiger charge is -2.72. The Morgan fingerprint density at radius 2 is 1.62 bits per heavy atom. The molecule has 0 unspecified atom stereocenters. The Labute approximate surface area is 222 Å². The number of aliphatic hydroxyl groups excluding tert-OH is 4. The van der Waals surface area contributed by atoms with Crippen molar-refractivity contribution in [2.24, 2.45) is 44.8 Å². The molecule has 4 rings (SSSR count). The second-order valence-corrected chi connectivity index (χ2v) is 15.0. The molecule has 0 radical (unpaired) electrons. The first kappa shape index (κ1) is 29.0. The molecule has 37 heavy (non-hydrogen) atoms. The Morgan fingerprint density at radius 1 is 1.00 bits per heavy atom. The van der Waals surface area contributed by atoms with Crippen LogP contribution in [0.4, 0.5) is 0 Å². The van der Waals surface area contributed by atoms with Gasteiger partial charge in [-0.05, 0) is 74.0 Å². The van der Waals surface area contributed by atoms with E-state index in [2.05, 4.69) is 40.7 Å². The summed E-state index contributed by atoms with van der Waals surface area (Å²) in [7, 11) is 0. The van der Waals surface area contributed by atoms with Crippen molar-refractivity contribution in [1.82, 2.24) is 0 Å². The molecule has 11 atom stereocenters. The molecule has 6 N–H and O–H groups in total. The molecule has 0 amide bonds. The molecule has 0 aliphatic heterocycles. The van der Waals surface area contributed by atoms with Crippen LogP contribution in [-0.4, -0.2) is 67.1 Å². The smallest absolute Gasteiger partial charge is 0.303 e. The van der Waals surface area contributed by atoms with Crippen molar-refractivity contribution in [3.05, 3.63) is 11.6 Å². The Hall–Kier alpha value is -0.990. The van der Waals surface area contributed by atoms with Crippen LogP contribution in [0.5, 0.6) is 0 Å². The number of carboxylic acids is 1. The fourth-order valence-corrected chi connectivity index (χ4v) is 9.96. The molecule has 0 heterocycles. The zero-order chi connectivity index (χ0) is 28.0. The summed E-state index contributed by atoms with van der Waals surface area (Å²) in [6.07, 6.45) is 3.05. The first-order valence-corrected chi connectivity index (χ1v) is 14.1. The van der Waals surface area contributed by atoms with E-state index in [-0.39, 0.29) is 30.1 Å².